The molecule has 2 aromatic rings. The first-order chi connectivity index (χ1) is 11.4. The SMILES string of the molecule is COc1cc(OC)c(NC(=S)Nc2ccc([N+](=O)[O-])cc2)cc1Cl. The van der Waals surface area contributed by atoms with Gasteiger partial charge in [0.15, 0.2) is 5.11 Å². The molecule has 0 saturated heterocycles. The van der Waals surface area contributed by atoms with Gasteiger partial charge in [-0.25, -0.2) is 0 Å². The molecule has 24 heavy (non-hydrogen) atoms. The zero-order chi connectivity index (χ0) is 17.7. The number of nitrogens with one attached hydrogen (secondary N) is 2. The first-order valence-electron chi connectivity index (χ1n) is 6.68. The third-order valence-electron chi connectivity index (χ3n) is 3.06. The van der Waals surface area contributed by atoms with Crippen molar-refractivity contribution in [3.63, 3.8) is 0 Å². The second-order valence-electron chi connectivity index (χ2n) is 4.57. The Labute approximate surface area is 148 Å². The number of hydrogen-bond acceptors (Lipinski definition) is 5. The number of nitro benzene ring substituents is 1. The quantitative estimate of drug-likeness (QED) is 0.468. The Morgan fingerprint density at radius 1 is 1.12 bits per heavy atom. The minimum Gasteiger partial charge on any atom is -0.495 e. The number of methoxy groups -OCH3 is 2. The van der Waals surface area contributed by atoms with Crippen LogP contribution in [0.1, 0.15) is 0 Å². The number of thiocarbonyl (C=S) groups is 1. The summed E-state index contributed by atoms with van der Waals surface area (Å²) < 4.78 is 10.4. The molecular weight excluding hydrogens is 354 g/mol. The molecule has 0 aromatic heterocycles. The predicted octanol–water partition coefficient (Wildman–Crippen LogP) is 4.07. The van der Waals surface area contributed by atoms with Crippen LogP contribution >= 0.6 is 23.8 Å². The number of nitro groups is 1. The second kappa shape index (κ2) is 7.80. The van der Waals surface area contributed by atoms with Crippen LogP contribution in [0.15, 0.2) is 36.4 Å². The van der Waals surface area contributed by atoms with Crippen LogP contribution < -0.4 is 20.1 Å². The lowest BCUT2D eigenvalue weighted by Gasteiger charge is -2.15. The third kappa shape index (κ3) is 4.24. The summed E-state index contributed by atoms with van der Waals surface area (Å²) in [5, 5.41) is 17.2. The fourth-order valence-corrected chi connectivity index (χ4v) is 2.38. The second-order valence-corrected chi connectivity index (χ2v) is 5.39. The van der Waals surface area contributed by atoms with Crippen LogP contribution in [0.4, 0.5) is 17.1 Å². The number of anilines is 2. The van der Waals surface area contributed by atoms with E-state index >= 15 is 0 Å². The number of benzene rings is 2. The largest absolute Gasteiger partial charge is 0.495 e. The predicted molar refractivity (Wildman–Crippen MR) is 97.5 cm³/mol. The smallest absolute Gasteiger partial charge is 0.269 e. The summed E-state index contributed by atoms with van der Waals surface area (Å²) in [7, 11) is 3.02. The molecule has 0 aliphatic carbocycles. The molecule has 0 aliphatic heterocycles. The fourth-order valence-electron chi connectivity index (χ4n) is 1.91. The van der Waals surface area contributed by atoms with Crippen molar-refractivity contribution >= 4 is 46.0 Å². The number of ether oxygens (including phenoxy) is 2. The molecule has 0 atom stereocenters. The average Bonchev–Trinajstić information content (AvgIpc) is 2.55. The van der Waals surface area contributed by atoms with Crippen LogP contribution in [0, 0.1) is 10.1 Å². The molecule has 2 N–H and O–H groups in total. The molecule has 0 spiro atoms. The van der Waals surface area contributed by atoms with Gasteiger partial charge in [0.1, 0.15) is 11.5 Å². The highest BCUT2D eigenvalue weighted by molar-refractivity contribution is 7.80. The molecule has 0 amide bonds. The van der Waals surface area contributed by atoms with Gasteiger partial charge in [-0.05, 0) is 30.4 Å². The van der Waals surface area contributed by atoms with E-state index in [9.17, 15) is 10.1 Å². The van der Waals surface area contributed by atoms with Crippen molar-refractivity contribution in [2.75, 3.05) is 24.9 Å². The number of nitrogens with zero attached hydrogens (tertiary/aromatic N) is 1. The maximum Gasteiger partial charge on any atom is 0.269 e. The van der Waals surface area contributed by atoms with Crippen molar-refractivity contribution in [1.82, 2.24) is 0 Å². The minimum absolute atomic E-state index is 0.00281. The zero-order valence-electron chi connectivity index (χ0n) is 12.8. The number of halogens is 1. The Kier molecular flexibility index (Phi) is 5.78. The van der Waals surface area contributed by atoms with Gasteiger partial charge in [0.2, 0.25) is 0 Å². The highest BCUT2D eigenvalue weighted by atomic mass is 35.5. The molecule has 9 heteroatoms. The van der Waals surface area contributed by atoms with Crippen LogP contribution in [0.5, 0.6) is 11.5 Å². The summed E-state index contributed by atoms with van der Waals surface area (Å²) in [4.78, 5) is 10.2. The summed E-state index contributed by atoms with van der Waals surface area (Å²) >= 11 is 11.3. The summed E-state index contributed by atoms with van der Waals surface area (Å²) in [6, 6.07) is 9.16. The van der Waals surface area contributed by atoms with Gasteiger partial charge in [-0.2, -0.15) is 0 Å². The Morgan fingerprint density at radius 3 is 2.29 bits per heavy atom. The molecule has 2 aromatic carbocycles. The topological polar surface area (TPSA) is 85.7 Å². The van der Waals surface area contributed by atoms with E-state index in [0.29, 0.717) is 27.9 Å². The van der Waals surface area contributed by atoms with Gasteiger partial charge < -0.3 is 20.1 Å². The molecule has 0 unspecified atom stereocenters. The van der Waals surface area contributed by atoms with Crippen LogP contribution in [-0.4, -0.2) is 24.3 Å². The van der Waals surface area contributed by atoms with Gasteiger partial charge in [0, 0.05) is 23.9 Å². The van der Waals surface area contributed by atoms with Crippen LogP contribution in [-0.2, 0) is 0 Å². The summed E-state index contributed by atoms with van der Waals surface area (Å²) in [6.07, 6.45) is 0. The van der Waals surface area contributed by atoms with E-state index in [4.69, 9.17) is 33.3 Å². The lowest BCUT2D eigenvalue weighted by atomic mass is 10.2. The van der Waals surface area contributed by atoms with Gasteiger partial charge >= 0.3 is 0 Å². The molecule has 2 rings (SSSR count). The van der Waals surface area contributed by atoms with Crippen molar-refractivity contribution in [3.8, 4) is 11.5 Å². The molecule has 0 fully saturated rings. The molecular formula is C15H14ClN3O4S. The van der Waals surface area contributed by atoms with Crippen molar-refractivity contribution in [3.05, 3.63) is 51.5 Å². The molecule has 0 heterocycles. The van der Waals surface area contributed by atoms with Crippen molar-refractivity contribution < 1.29 is 14.4 Å². The van der Waals surface area contributed by atoms with Crippen LogP contribution in [0.2, 0.25) is 5.02 Å². The van der Waals surface area contributed by atoms with Gasteiger partial charge in [0.05, 0.1) is 29.9 Å². The van der Waals surface area contributed by atoms with E-state index in [0.717, 1.165) is 0 Å². The maximum absolute atomic E-state index is 10.6. The van der Waals surface area contributed by atoms with Crippen molar-refractivity contribution in [2.24, 2.45) is 0 Å². The summed E-state index contributed by atoms with van der Waals surface area (Å²) in [6.45, 7) is 0. The highest BCUT2D eigenvalue weighted by Crippen LogP contribution is 2.35. The van der Waals surface area contributed by atoms with Crippen LogP contribution in [0.3, 0.4) is 0 Å². The molecule has 126 valence electrons. The average molecular weight is 368 g/mol. The fraction of sp³-hybridized carbons (Fsp3) is 0.133. The van der Waals surface area contributed by atoms with E-state index in [1.165, 1.54) is 26.4 Å². The maximum atomic E-state index is 10.6. The number of rotatable bonds is 5. The van der Waals surface area contributed by atoms with E-state index in [1.54, 1.807) is 24.3 Å². The number of hydrogen-bond donors (Lipinski definition) is 2. The molecule has 0 radical (unpaired) electrons. The van der Waals surface area contributed by atoms with Gasteiger partial charge in [0.25, 0.3) is 5.69 Å². The van der Waals surface area contributed by atoms with Crippen LogP contribution in [0.25, 0.3) is 0 Å². The van der Waals surface area contributed by atoms with E-state index in [2.05, 4.69) is 10.6 Å². The van der Waals surface area contributed by atoms with E-state index in [1.807, 2.05) is 0 Å². The molecule has 0 bridgehead atoms. The third-order valence-corrected chi connectivity index (χ3v) is 3.56. The lowest BCUT2D eigenvalue weighted by molar-refractivity contribution is -0.384. The zero-order valence-corrected chi connectivity index (χ0v) is 14.4. The summed E-state index contributed by atoms with van der Waals surface area (Å²) in [5.41, 5.74) is 1.17. The van der Waals surface area contributed by atoms with E-state index < -0.39 is 4.92 Å². The Morgan fingerprint density at radius 2 is 1.75 bits per heavy atom. The Hall–Kier alpha value is -2.58. The first kappa shape index (κ1) is 17.8. The Balaban J connectivity index is 2.12. The first-order valence-corrected chi connectivity index (χ1v) is 7.47. The Bertz CT molecular complexity index is 768. The number of non-ortho nitro benzene ring substituents is 1. The van der Waals surface area contributed by atoms with E-state index in [-0.39, 0.29) is 10.8 Å². The van der Waals surface area contributed by atoms with Gasteiger partial charge in [-0.15, -0.1) is 0 Å². The normalized spacial score (nSPS) is 9.96. The minimum atomic E-state index is -0.468. The summed E-state index contributed by atoms with van der Waals surface area (Å²) in [5.74, 6) is 0.984. The molecule has 7 nitrogen and oxygen atoms in total. The molecule has 0 aliphatic rings. The molecule has 0 saturated carbocycles. The van der Waals surface area contributed by atoms with Gasteiger partial charge in [-0.1, -0.05) is 11.6 Å². The van der Waals surface area contributed by atoms with Gasteiger partial charge in [-0.3, -0.25) is 10.1 Å². The van der Waals surface area contributed by atoms with Crippen molar-refractivity contribution in [2.45, 2.75) is 0 Å². The van der Waals surface area contributed by atoms with Crippen molar-refractivity contribution in [1.29, 1.82) is 0 Å². The highest BCUT2D eigenvalue weighted by Gasteiger charge is 2.11. The lowest BCUT2D eigenvalue weighted by Crippen LogP contribution is -2.19. The standard InChI is InChI=1S/C15H14ClN3O4S/c1-22-13-8-14(23-2)12(7-11(13)16)18-15(24)17-9-3-5-10(6-4-9)19(20)21/h3-8H,1-2H3,(H2,17,18,24). The monoisotopic (exact) mass is 367 g/mol.